The van der Waals surface area contributed by atoms with E-state index in [-0.39, 0.29) is 28.4 Å². The Hall–Kier alpha value is -3.69. The largest absolute Gasteiger partial charge is 0.465 e. The van der Waals surface area contributed by atoms with Gasteiger partial charge in [-0.25, -0.2) is 32.3 Å². The molecule has 10 heteroatoms. The third kappa shape index (κ3) is 4.40. The van der Waals surface area contributed by atoms with Gasteiger partial charge in [-0.2, -0.15) is 0 Å². The van der Waals surface area contributed by atoms with Gasteiger partial charge in [0.2, 0.25) is 0 Å². The zero-order valence-electron chi connectivity index (χ0n) is 19.0. The summed E-state index contributed by atoms with van der Waals surface area (Å²) in [7, 11) is 2.46. The first-order valence-corrected chi connectivity index (χ1v) is 10.4. The van der Waals surface area contributed by atoms with Gasteiger partial charge >= 0.3 is 5.97 Å². The SMILES string of the molecule is C=CC(F)(F)Cn1c(-c2nc3cc(C(=O)OC)c(F)c(F)c3n2C)cc(/C=C\CCC)c1N=C. The lowest BCUT2D eigenvalue weighted by atomic mass is 10.1. The Labute approximate surface area is 193 Å². The second-order valence-corrected chi connectivity index (χ2v) is 7.61. The fourth-order valence-electron chi connectivity index (χ4n) is 3.65. The van der Waals surface area contributed by atoms with Crippen LogP contribution in [0.3, 0.4) is 0 Å². The number of aryl methyl sites for hydroxylation is 1. The molecule has 1 aromatic carbocycles. The van der Waals surface area contributed by atoms with Gasteiger partial charge in [0.05, 0.1) is 24.9 Å². The van der Waals surface area contributed by atoms with Gasteiger partial charge in [-0.05, 0) is 31.3 Å². The van der Waals surface area contributed by atoms with Gasteiger partial charge in [0.15, 0.2) is 17.5 Å². The van der Waals surface area contributed by atoms with E-state index in [1.165, 1.54) is 16.2 Å². The van der Waals surface area contributed by atoms with Crippen LogP contribution in [0.4, 0.5) is 23.4 Å². The molecule has 0 aliphatic heterocycles. The molecule has 2 aromatic heterocycles. The fourth-order valence-corrected chi connectivity index (χ4v) is 3.65. The molecule has 0 spiro atoms. The maximum absolute atomic E-state index is 14.9. The van der Waals surface area contributed by atoms with Gasteiger partial charge in [-0.15, -0.1) is 0 Å². The van der Waals surface area contributed by atoms with Crippen LogP contribution in [0.15, 0.2) is 35.9 Å². The molecular formula is C24H24F4N4O2. The predicted molar refractivity (Wildman–Crippen MR) is 124 cm³/mol. The molecule has 0 aliphatic carbocycles. The molecule has 0 radical (unpaired) electrons. The summed E-state index contributed by atoms with van der Waals surface area (Å²) < 4.78 is 65.1. The van der Waals surface area contributed by atoms with Gasteiger partial charge in [0.25, 0.3) is 5.92 Å². The van der Waals surface area contributed by atoms with Crippen molar-refractivity contribution in [3.8, 4) is 11.5 Å². The number of hydrogen-bond acceptors (Lipinski definition) is 4. The summed E-state index contributed by atoms with van der Waals surface area (Å²) >= 11 is 0. The Bertz CT molecular complexity index is 1300. The highest BCUT2D eigenvalue weighted by Gasteiger charge is 2.30. The maximum atomic E-state index is 14.9. The molecule has 6 nitrogen and oxygen atoms in total. The van der Waals surface area contributed by atoms with E-state index in [2.05, 4.69) is 28.0 Å². The smallest absolute Gasteiger partial charge is 0.341 e. The number of carbonyl (C=O) groups excluding carboxylic acids is 1. The minimum absolute atomic E-state index is 0.0452. The van der Waals surface area contributed by atoms with E-state index < -0.39 is 35.6 Å². The van der Waals surface area contributed by atoms with Crippen molar-refractivity contribution in [3.63, 3.8) is 0 Å². The van der Waals surface area contributed by atoms with Crippen molar-refractivity contribution in [1.82, 2.24) is 14.1 Å². The summed E-state index contributed by atoms with van der Waals surface area (Å²) in [5.41, 5.74) is -0.219. The van der Waals surface area contributed by atoms with Gasteiger partial charge < -0.3 is 13.9 Å². The Morgan fingerprint density at radius 1 is 1.29 bits per heavy atom. The molecule has 34 heavy (non-hydrogen) atoms. The molecule has 0 unspecified atom stereocenters. The number of aromatic nitrogens is 3. The summed E-state index contributed by atoms with van der Waals surface area (Å²) in [6.07, 6.45) is 5.76. The Kier molecular flexibility index (Phi) is 7.09. The number of ether oxygens (including phenoxy) is 1. The van der Waals surface area contributed by atoms with Crippen molar-refractivity contribution in [2.24, 2.45) is 12.0 Å². The van der Waals surface area contributed by atoms with E-state index in [1.807, 2.05) is 13.0 Å². The molecule has 3 rings (SSSR count). The number of nitrogens with zero attached hydrogens (tertiary/aromatic N) is 4. The van der Waals surface area contributed by atoms with Gasteiger partial charge in [0, 0.05) is 12.6 Å². The van der Waals surface area contributed by atoms with Crippen LogP contribution in [-0.4, -0.2) is 39.8 Å². The third-order valence-electron chi connectivity index (χ3n) is 5.34. The summed E-state index contributed by atoms with van der Waals surface area (Å²) in [5, 5.41) is 0. The minimum Gasteiger partial charge on any atom is -0.465 e. The second kappa shape index (κ2) is 9.66. The van der Waals surface area contributed by atoms with Crippen LogP contribution in [0.25, 0.3) is 28.6 Å². The molecule has 0 saturated heterocycles. The fraction of sp³-hybridized carbons (Fsp3) is 0.292. The minimum atomic E-state index is -3.29. The molecule has 3 aromatic rings. The zero-order chi connectivity index (χ0) is 25.2. The third-order valence-corrected chi connectivity index (χ3v) is 5.34. The van der Waals surface area contributed by atoms with Crippen molar-refractivity contribution < 1.29 is 27.1 Å². The topological polar surface area (TPSA) is 61.4 Å². The molecular weight excluding hydrogens is 452 g/mol. The van der Waals surface area contributed by atoms with E-state index >= 15 is 0 Å². The quantitative estimate of drug-likeness (QED) is 0.163. The maximum Gasteiger partial charge on any atom is 0.341 e. The number of benzene rings is 1. The lowest BCUT2D eigenvalue weighted by Gasteiger charge is -2.17. The number of methoxy groups -OCH3 is 1. The molecule has 0 atom stereocenters. The van der Waals surface area contributed by atoms with Crippen LogP contribution in [0.5, 0.6) is 0 Å². The number of halogens is 4. The number of fused-ring (bicyclic) bond motifs is 1. The van der Waals surface area contributed by atoms with Crippen molar-refractivity contribution in [3.05, 3.63) is 53.6 Å². The molecule has 0 bridgehead atoms. The Morgan fingerprint density at radius 2 is 2.00 bits per heavy atom. The number of allylic oxidation sites excluding steroid dienone is 2. The number of alkyl halides is 2. The van der Waals surface area contributed by atoms with Crippen LogP contribution in [-0.2, 0) is 18.3 Å². The highest BCUT2D eigenvalue weighted by Crippen LogP contribution is 2.36. The molecule has 2 heterocycles. The van der Waals surface area contributed by atoms with Gasteiger partial charge in [-0.1, -0.05) is 32.1 Å². The van der Waals surface area contributed by atoms with Crippen LogP contribution >= 0.6 is 0 Å². The molecule has 180 valence electrons. The standard InChI is InChI=1S/C24H24F4N4O2/c1-6-8-9-10-14-11-17(32(21(14)29-3)13-24(27,28)7-2)22-30-16-12-15(23(33)34-5)18(25)19(26)20(16)31(22)4/h7,9-12H,2-3,6,8,13H2,1,4-5H3/b10-9-. The van der Waals surface area contributed by atoms with Crippen LogP contribution in [0.1, 0.15) is 35.7 Å². The number of hydrogen-bond donors (Lipinski definition) is 0. The number of esters is 1. The number of rotatable bonds is 9. The monoisotopic (exact) mass is 476 g/mol. The van der Waals surface area contributed by atoms with E-state index in [4.69, 9.17) is 0 Å². The van der Waals surface area contributed by atoms with Crippen LogP contribution in [0.2, 0.25) is 0 Å². The predicted octanol–water partition coefficient (Wildman–Crippen LogP) is 6.07. The molecule has 0 fully saturated rings. The Morgan fingerprint density at radius 3 is 2.59 bits per heavy atom. The zero-order valence-corrected chi connectivity index (χ0v) is 19.0. The average Bonchev–Trinajstić information content (AvgIpc) is 3.32. The van der Waals surface area contributed by atoms with E-state index in [0.29, 0.717) is 11.6 Å². The van der Waals surface area contributed by atoms with Gasteiger partial charge in [0.1, 0.15) is 16.9 Å². The van der Waals surface area contributed by atoms with Gasteiger partial charge in [-0.3, -0.25) is 0 Å². The number of carbonyl (C=O) groups is 1. The van der Waals surface area contributed by atoms with Crippen LogP contribution in [0, 0.1) is 11.6 Å². The first-order valence-electron chi connectivity index (χ1n) is 10.4. The summed E-state index contributed by atoms with van der Waals surface area (Å²) in [6, 6.07) is 2.63. The highest BCUT2D eigenvalue weighted by molar-refractivity contribution is 5.95. The second-order valence-electron chi connectivity index (χ2n) is 7.61. The van der Waals surface area contributed by atoms with Crippen molar-refractivity contribution in [2.75, 3.05) is 7.11 Å². The summed E-state index contributed by atoms with van der Waals surface area (Å²) in [4.78, 5) is 20.1. The van der Waals surface area contributed by atoms with Crippen molar-refractivity contribution >= 4 is 35.6 Å². The van der Waals surface area contributed by atoms with Crippen molar-refractivity contribution in [1.29, 1.82) is 0 Å². The first-order chi connectivity index (χ1) is 16.1. The summed E-state index contributed by atoms with van der Waals surface area (Å²) in [5.74, 6) is -6.83. The highest BCUT2D eigenvalue weighted by atomic mass is 19.3. The number of imidazole rings is 1. The lowest BCUT2D eigenvalue weighted by Crippen LogP contribution is -2.21. The molecule has 0 saturated carbocycles. The van der Waals surface area contributed by atoms with Crippen LogP contribution < -0.4 is 0 Å². The molecule has 0 amide bonds. The van der Waals surface area contributed by atoms with E-state index in [9.17, 15) is 22.4 Å². The van der Waals surface area contributed by atoms with E-state index in [1.54, 1.807) is 12.1 Å². The number of aliphatic imine (C=N–C) groups is 1. The summed E-state index contributed by atoms with van der Waals surface area (Å²) in [6.45, 7) is 7.86. The number of unbranched alkanes of at least 4 members (excludes halogenated alkanes) is 1. The normalized spacial score (nSPS) is 12.0. The lowest BCUT2D eigenvalue weighted by molar-refractivity contribution is 0.0374. The van der Waals surface area contributed by atoms with E-state index in [0.717, 1.165) is 26.0 Å². The average molecular weight is 476 g/mol. The Balaban J connectivity index is 2.33. The first kappa shape index (κ1) is 24.9. The van der Waals surface area contributed by atoms with Crippen molar-refractivity contribution in [2.45, 2.75) is 32.2 Å². The molecule has 0 N–H and O–H groups in total. The molecule has 0 aliphatic rings.